The van der Waals surface area contributed by atoms with Gasteiger partial charge in [0.25, 0.3) is 0 Å². The van der Waals surface area contributed by atoms with Crippen LogP contribution in [0.3, 0.4) is 0 Å². The molecule has 0 amide bonds. The van der Waals surface area contributed by atoms with Gasteiger partial charge in [0.1, 0.15) is 0 Å². The number of aryl methyl sites for hydroxylation is 1. The van der Waals surface area contributed by atoms with Crippen LogP contribution in [0.5, 0.6) is 0 Å². The summed E-state index contributed by atoms with van der Waals surface area (Å²) in [5, 5.41) is 0. The molecule has 0 nitrogen and oxygen atoms in total. The zero-order valence-corrected chi connectivity index (χ0v) is 13.0. The van der Waals surface area contributed by atoms with Crippen LogP contribution in [-0.4, -0.2) is 0 Å². The van der Waals surface area contributed by atoms with E-state index in [1.165, 1.54) is 27.8 Å². The minimum absolute atomic E-state index is 1.10. The summed E-state index contributed by atoms with van der Waals surface area (Å²) in [5.41, 5.74) is 7.47. The van der Waals surface area contributed by atoms with E-state index in [1.807, 2.05) is 27.7 Å². The Labute approximate surface area is 118 Å². The molecule has 0 saturated heterocycles. The van der Waals surface area contributed by atoms with Crippen LogP contribution in [0.25, 0.3) is 0 Å². The predicted molar refractivity (Wildman–Crippen MR) is 85.9 cm³/mol. The van der Waals surface area contributed by atoms with Crippen LogP contribution in [-0.2, 0) is 12.8 Å². The van der Waals surface area contributed by atoms with Crippen molar-refractivity contribution in [2.45, 2.75) is 47.5 Å². The van der Waals surface area contributed by atoms with Crippen LogP contribution in [0.4, 0.5) is 0 Å². The number of benzene rings is 2. The largest absolute Gasteiger partial charge is 0.0683 e. The van der Waals surface area contributed by atoms with Crippen LogP contribution in [0.2, 0.25) is 0 Å². The van der Waals surface area contributed by atoms with Gasteiger partial charge >= 0.3 is 0 Å². The van der Waals surface area contributed by atoms with Gasteiger partial charge in [0, 0.05) is 0 Å². The molecule has 0 saturated carbocycles. The maximum absolute atomic E-state index is 2.26. The van der Waals surface area contributed by atoms with E-state index in [2.05, 4.69) is 49.4 Å². The van der Waals surface area contributed by atoms with Gasteiger partial charge in [-0.15, -0.1) is 0 Å². The summed E-state index contributed by atoms with van der Waals surface area (Å²) in [6.45, 7) is 10.2. The Bertz CT molecular complexity index is 509. The van der Waals surface area contributed by atoms with Crippen molar-refractivity contribution in [1.29, 1.82) is 0 Å². The van der Waals surface area contributed by atoms with Crippen LogP contribution in [0.15, 0.2) is 42.5 Å². The van der Waals surface area contributed by atoms with Crippen molar-refractivity contribution in [3.8, 4) is 0 Å². The molecule has 19 heavy (non-hydrogen) atoms. The highest BCUT2D eigenvalue weighted by Crippen LogP contribution is 2.28. The molecule has 2 aromatic carbocycles. The SMILES string of the molecule is CC.CC.Cc1cccc2c1Cc1ccccc1C2. The molecule has 0 bridgehead atoms. The second kappa shape index (κ2) is 7.78. The van der Waals surface area contributed by atoms with Crippen LogP contribution < -0.4 is 0 Å². The average Bonchev–Trinajstić information content (AvgIpc) is 2.50. The summed E-state index contributed by atoms with van der Waals surface area (Å²) in [4.78, 5) is 0. The molecular formula is C19H26. The minimum Gasteiger partial charge on any atom is -0.0683 e. The summed E-state index contributed by atoms with van der Waals surface area (Å²) in [6, 6.07) is 15.4. The smallest absolute Gasteiger partial charge is 0.00174 e. The van der Waals surface area contributed by atoms with Crippen molar-refractivity contribution >= 4 is 0 Å². The molecule has 0 heteroatoms. The first-order valence-electron chi connectivity index (χ1n) is 7.49. The fourth-order valence-corrected chi connectivity index (χ4v) is 2.48. The van der Waals surface area contributed by atoms with Crippen molar-refractivity contribution in [3.63, 3.8) is 0 Å². The third kappa shape index (κ3) is 3.47. The Morgan fingerprint density at radius 3 is 1.79 bits per heavy atom. The van der Waals surface area contributed by atoms with Crippen molar-refractivity contribution in [1.82, 2.24) is 0 Å². The molecule has 0 N–H and O–H groups in total. The maximum Gasteiger partial charge on any atom is -0.00174 e. The highest BCUT2D eigenvalue weighted by Gasteiger charge is 2.15. The number of hydrogen-bond acceptors (Lipinski definition) is 0. The van der Waals surface area contributed by atoms with Gasteiger partial charge in [0.15, 0.2) is 0 Å². The Hall–Kier alpha value is -1.56. The molecular weight excluding hydrogens is 228 g/mol. The van der Waals surface area contributed by atoms with Gasteiger partial charge < -0.3 is 0 Å². The molecule has 0 atom stereocenters. The second-order valence-corrected chi connectivity index (χ2v) is 4.33. The molecule has 0 heterocycles. The standard InChI is InChI=1S/C15H14.2C2H6/c1-11-5-4-8-14-9-12-6-2-3-7-13(12)10-15(11)14;2*1-2/h2-8H,9-10H2,1H3;2*1-2H3. The molecule has 0 radical (unpaired) electrons. The van der Waals surface area contributed by atoms with Gasteiger partial charge in [-0.1, -0.05) is 70.2 Å². The Morgan fingerprint density at radius 1 is 0.632 bits per heavy atom. The molecule has 2 aromatic rings. The van der Waals surface area contributed by atoms with E-state index in [-0.39, 0.29) is 0 Å². The fraction of sp³-hybridized carbons (Fsp3) is 0.368. The van der Waals surface area contributed by atoms with Gasteiger partial charge in [-0.3, -0.25) is 0 Å². The lowest BCUT2D eigenvalue weighted by Gasteiger charge is -2.21. The van der Waals surface area contributed by atoms with E-state index in [0.717, 1.165) is 12.8 Å². The van der Waals surface area contributed by atoms with E-state index in [1.54, 1.807) is 0 Å². The lowest BCUT2D eigenvalue weighted by Crippen LogP contribution is -2.08. The summed E-state index contributed by atoms with van der Waals surface area (Å²) < 4.78 is 0. The van der Waals surface area contributed by atoms with Crippen molar-refractivity contribution in [2.24, 2.45) is 0 Å². The van der Waals surface area contributed by atoms with E-state index in [0.29, 0.717) is 0 Å². The second-order valence-electron chi connectivity index (χ2n) is 4.33. The molecule has 102 valence electrons. The fourth-order valence-electron chi connectivity index (χ4n) is 2.48. The van der Waals surface area contributed by atoms with Crippen molar-refractivity contribution in [2.75, 3.05) is 0 Å². The van der Waals surface area contributed by atoms with Crippen molar-refractivity contribution in [3.05, 3.63) is 70.3 Å². The predicted octanol–water partition coefficient (Wildman–Crippen LogP) is 5.54. The Kier molecular flexibility index (Phi) is 6.35. The molecule has 0 spiro atoms. The maximum atomic E-state index is 2.26. The number of fused-ring (bicyclic) bond motifs is 2. The molecule has 1 aliphatic rings. The first-order valence-corrected chi connectivity index (χ1v) is 7.49. The highest BCUT2D eigenvalue weighted by molar-refractivity contribution is 5.47. The van der Waals surface area contributed by atoms with Gasteiger partial charge in [-0.2, -0.15) is 0 Å². The van der Waals surface area contributed by atoms with Crippen LogP contribution in [0, 0.1) is 6.92 Å². The highest BCUT2D eigenvalue weighted by atomic mass is 14.2. The molecule has 3 rings (SSSR count). The number of rotatable bonds is 0. The lowest BCUT2D eigenvalue weighted by molar-refractivity contribution is 0.986. The first kappa shape index (κ1) is 15.5. The van der Waals surface area contributed by atoms with Gasteiger partial charge in [0.05, 0.1) is 0 Å². The Balaban J connectivity index is 0.000000415. The average molecular weight is 254 g/mol. The van der Waals surface area contributed by atoms with Crippen LogP contribution in [0.1, 0.15) is 55.5 Å². The van der Waals surface area contributed by atoms with Crippen molar-refractivity contribution < 1.29 is 0 Å². The number of hydrogen-bond donors (Lipinski definition) is 0. The summed E-state index contributed by atoms with van der Waals surface area (Å²) in [5.74, 6) is 0. The molecule has 0 aromatic heterocycles. The lowest BCUT2D eigenvalue weighted by atomic mass is 9.84. The minimum atomic E-state index is 1.10. The first-order chi connectivity index (χ1) is 9.34. The van der Waals surface area contributed by atoms with Gasteiger partial charge in [-0.05, 0) is 47.6 Å². The van der Waals surface area contributed by atoms with Crippen LogP contribution >= 0.6 is 0 Å². The third-order valence-corrected chi connectivity index (χ3v) is 3.37. The normalized spacial score (nSPS) is 11.0. The summed E-state index contributed by atoms with van der Waals surface area (Å²) in [7, 11) is 0. The molecule has 0 fully saturated rings. The zero-order chi connectivity index (χ0) is 14.3. The molecule has 0 aliphatic heterocycles. The summed E-state index contributed by atoms with van der Waals surface area (Å²) in [6.07, 6.45) is 2.21. The van der Waals surface area contributed by atoms with Gasteiger partial charge in [-0.25, -0.2) is 0 Å². The van der Waals surface area contributed by atoms with E-state index in [4.69, 9.17) is 0 Å². The topological polar surface area (TPSA) is 0 Å². The van der Waals surface area contributed by atoms with E-state index < -0.39 is 0 Å². The zero-order valence-electron chi connectivity index (χ0n) is 13.0. The van der Waals surface area contributed by atoms with Gasteiger partial charge in [0.2, 0.25) is 0 Å². The quantitative estimate of drug-likeness (QED) is 0.494. The monoisotopic (exact) mass is 254 g/mol. The van der Waals surface area contributed by atoms with E-state index >= 15 is 0 Å². The summed E-state index contributed by atoms with van der Waals surface area (Å²) >= 11 is 0. The Morgan fingerprint density at radius 2 is 1.16 bits per heavy atom. The molecule has 1 aliphatic carbocycles. The third-order valence-electron chi connectivity index (χ3n) is 3.37. The van der Waals surface area contributed by atoms with E-state index in [9.17, 15) is 0 Å². The molecule has 0 unspecified atom stereocenters.